The molecule has 0 spiro atoms. The minimum absolute atomic E-state index is 0.0587. The lowest BCUT2D eigenvalue weighted by Crippen LogP contribution is -2.36. The molecular formula is C50H55N5O7. The Morgan fingerprint density at radius 1 is 0.855 bits per heavy atom. The minimum atomic E-state index is -0.676. The van der Waals surface area contributed by atoms with Crippen molar-refractivity contribution in [2.45, 2.75) is 115 Å². The summed E-state index contributed by atoms with van der Waals surface area (Å²) in [6.45, 7) is 11.2. The van der Waals surface area contributed by atoms with E-state index in [0.29, 0.717) is 58.7 Å². The molecule has 12 nitrogen and oxygen atoms in total. The maximum absolute atomic E-state index is 13.5. The zero-order valence-electron chi connectivity index (χ0n) is 35.8. The molecule has 0 unspecified atom stereocenters. The van der Waals surface area contributed by atoms with Crippen molar-refractivity contribution in [3.8, 4) is 0 Å². The van der Waals surface area contributed by atoms with E-state index < -0.39 is 41.6 Å². The molecule has 0 bridgehead atoms. The summed E-state index contributed by atoms with van der Waals surface area (Å²) in [5, 5.41) is 4.24. The number of carbonyl (C=O) groups excluding carboxylic acids is 3. The summed E-state index contributed by atoms with van der Waals surface area (Å²) in [5.74, 6) is 0.870. The average Bonchev–Trinajstić information content (AvgIpc) is 3.82. The van der Waals surface area contributed by atoms with Gasteiger partial charge < -0.3 is 18.7 Å². The van der Waals surface area contributed by atoms with Gasteiger partial charge in [-0.3, -0.25) is 15.0 Å². The Kier molecular flexibility index (Phi) is 12.7. The molecule has 4 aliphatic rings. The van der Waals surface area contributed by atoms with Crippen molar-refractivity contribution in [3.63, 3.8) is 0 Å². The van der Waals surface area contributed by atoms with E-state index in [1.807, 2.05) is 0 Å². The maximum atomic E-state index is 13.5. The highest BCUT2D eigenvalue weighted by Crippen LogP contribution is 2.60. The van der Waals surface area contributed by atoms with Gasteiger partial charge in [-0.2, -0.15) is 4.98 Å². The van der Waals surface area contributed by atoms with Crippen LogP contribution in [0.4, 0.5) is 0 Å². The normalized spacial score (nSPS) is 26.5. The van der Waals surface area contributed by atoms with Crippen LogP contribution in [0.1, 0.15) is 128 Å². The fraction of sp³-hybridized carbons (Fsp3) is 0.440. The van der Waals surface area contributed by atoms with Crippen LogP contribution >= 0.6 is 0 Å². The van der Waals surface area contributed by atoms with Gasteiger partial charge in [0.15, 0.2) is 5.82 Å². The number of aryl methyl sites for hydroxylation is 1. The molecule has 12 heteroatoms. The predicted molar refractivity (Wildman–Crippen MR) is 231 cm³/mol. The molecule has 0 radical (unpaired) electrons. The van der Waals surface area contributed by atoms with Crippen LogP contribution in [-0.4, -0.2) is 61.3 Å². The van der Waals surface area contributed by atoms with Gasteiger partial charge >= 0.3 is 17.9 Å². The summed E-state index contributed by atoms with van der Waals surface area (Å²) in [6.07, 6.45) is 25.6. The van der Waals surface area contributed by atoms with Gasteiger partial charge in [0.1, 0.15) is 18.3 Å². The SMILES string of the molecule is C=C1C(=CC=C2CCC[C@]3(C)[C@@H]([C@H](C)C=C[C@H](OC(=O)c4ccncc4)C4(c5nc(CCC)no5)CC4)CC[C@@H]23)C[C@@H](OC(=O)c2ccncc2)C[C@@H]1OC(=O)c1ccncc1. The minimum Gasteiger partial charge on any atom is -0.458 e. The maximum Gasteiger partial charge on any atom is 0.338 e. The Bertz CT molecular complexity index is 2340. The van der Waals surface area contributed by atoms with Gasteiger partial charge in [-0.25, -0.2) is 14.4 Å². The third-order valence-electron chi connectivity index (χ3n) is 13.7. The largest absolute Gasteiger partial charge is 0.458 e. The number of ether oxygens (including phenoxy) is 3. The first-order valence-corrected chi connectivity index (χ1v) is 22.0. The van der Waals surface area contributed by atoms with Gasteiger partial charge in [0, 0.05) is 56.4 Å². The third-order valence-corrected chi connectivity index (χ3v) is 13.7. The van der Waals surface area contributed by atoms with Crippen LogP contribution in [-0.2, 0) is 26.0 Å². The lowest BCUT2D eigenvalue weighted by Gasteiger charge is -2.44. The number of hydrogen-bond donors (Lipinski definition) is 0. The van der Waals surface area contributed by atoms with Crippen molar-refractivity contribution in [1.29, 1.82) is 0 Å². The van der Waals surface area contributed by atoms with Crippen LogP contribution in [0.15, 0.2) is 126 Å². The van der Waals surface area contributed by atoms with Crippen LogP contribution in [0.3, 0.4) is 0 Å². The summed E-state index contributed by atoms with van der Waals surface area (Å²) in [6, 6.07) is 9.80. The Balaban J connectivity index is 1.01. The molecule has 4 fully saturated rings. The van der Waals surface area contributed by atoms with Gasteiger partial charge in [0.2, 0.25) is 5.89 Å². The first-order valence-electron chi connectivity index (χ1n) is 22.0. The zero-order valence-corrected chi connectivity index (χ0v) is 35.8. The Morgan fingerprint density at radius 2 is 1.48 bits per heavy atom. The first kappa shape index (κ1) is 42.6. The molecule has 4 aliphatic carbocycles. The smallest absolute Gasteiger partial charge is 0.338 e. The molecule has 4 saturated carbocycles. The van der Waals surface area contributed by atoms with Crippen LogP contribution in [0.5, 0.6) is 0 Å². The van der Waals surface area contributed by atoms with E-state index in [-0.39, 0.29) is 11.3 Å². The number of aromatic nitrogens is 5. The highest BCUT2D eigenvalue weighted by molar-refractivity contribution is 5.90. The molecular weight excluding hydrogens is 783 g/mol. The van der Waals surface area contributed by atoms with Crippen molar-refractivity contribution in [1.82, 2.24) is 25.1 Å². The van der Waals surface area contributed by atoms with E-state index >= 15 is 0 Å². The molecule has 7 atom stereocenters. The molecule has 0 aliphatic heterocycles. The van der Waals surface area contributed by atoms with Gasteiger partial charge in [-0.1, -0.05) is 56.3 Å². The summed E-state index contributed by atoms with van der Waals surface area (Å²) in [4.78, 5) is 56.7. The zero-order chi connectivity index (χ0) is 43.3. The van der Waals surface area contributed by atoms with Crippen molar-refractivity contribution in [2.24, 2.45) is 23.2 Å². The van der Waals surface area contributed by atoms with E-state index in [2.05, 4.69) is 71.8 Å². The molecule has 4 aromatic rings. The van der Waals surface area contributed by atoms with E-state index in [1.165, 1.54) is 5.57 Å². The molecule has 4 heterocycles. The summed E-state index contributed by atoms with van der Waals surface area (Å²) in [7, 11) is 0. The predicted octanol–water partition coefficient (Wildman–Crippen LogP) is 9.53. The fourth-order valence-corrected chi connectivity index (χ4v) is 10.1. The topological polar surface area (TPSA) is 156 Å². The molecule has 322 valence electrons. The molecule has 0 saturated heterocycles. The molecule has 0 N–H and O–H groups in total. The first-order chi connectivity index (χ1) is 30.1. The Labute approximate surface area is 363 Å². The van der Waals surface area contributed by atoms with Crippen molar-refractivity contribution < 1.29 is 33.1 Å². The molecule has 62 heavy (non-hydrogen) atoms. The lowest BCUT2D eigenvalue weighted by atomic mass is 9.61. The quantitative estimate of drug-likeness (QED) is 0.0674. The second-order valence-electron chi connectivity index (χ2n) is 17.6. The second kappa shape index (κ2) is 18.5. The number of carbonyl (C=O) groups is 3. The standard InChI is InChI=1S/C50H55N5O7/c1-5-7-44-54-48(62-55-44)50(22-23-50)43(61-47(58)37-19-28-53-29-20-37)14-9-32(2)40-12-13-41-34(8-6-21-49(40,41)4)10-11-38-30-39(59-45(56)35-15-24-51-25-16-35)31-42(33(38)3)60-46(57)36-17-26-52-27-18-36/h9-11,14-20,24-29,32,39-43H,3,5-8,12-13,21-23,30-31H2,1-2,4H3/t32-,39-,40-,41+,42+,43+,49-/m1/s1. The van der Waals surface area contributed by atoms with E-state index in [9.17, 15) is 14.4 Å². The van der Waals surface area contributed by atoms with Crippen LogP contribution in [0.2, 0.25) is 0 Å². The van der Waals surface area contributed by atoms with E-state index in [1.54, 1.807) is 73.6 Å². The number of rotatable bonds is 14. The van der Waals surface area contributed by atoms with Crippen LogP contribution in [0.25, 0.3) is 0 Å². The number of pyridine rings is 3. The number of hydrogen-bond acceptors (Lipinski definition) is 12. The summed E-state index contributed by atoms with van der Waals surface area (Å²) < 4.78 is 24.1. The van der Waals surface area contributed by atoms with Crippen LogP contribution < -0.4 is 0 Å². The van der Waals surface area contributed by atoms with Gasteiger partial charge in [-0.05, 0) is 128 Å². The molecule has 0 amide bonds. The van der Waals surface area contributed by atoms with E-state index in [0.717, 1.165) is 63.4 Å². The third kappa shape index (κ3) is 9.10. The van der Waals surface area contributed by atoms with Crippen molar-refractivity contribution in [2.75, 3.05) is 0 Å². The Morgan fingerprint density at radius 3 is 2.11 bits per heavy atom. The monoisotopic (exact) mass is 837 g/mol. The molecule has 4 aromatic heterocycles. The summed E-state index contributed by atoms with van der Waals surface area (Å²) in [5.41, 5.74) is 3.75. The van der Waals surface area contributed by atoms with Gasteiger partial charge in [-0.15, -0.1) is 0 Å². The van der Waals surface area contributed by atoms with Crippen molar-refractivity contribution >= 4 is 17.9 Å². The number of allylic oxidation sites excluding steroid dienone is 4. The summed E-state index contributed by atoms with van der Waals surface area (Å²) >= 11 is 0. The number of fused-ring (bicyclic) bond motifs is 1. The van der Waals surface area contributed by atoms with Crippen LogP contribution in [0, 0.1) is 23.2 Å². The Hall–Kier alpha value is -6.04. The number of nitrogens with zero attached hydrogens (tertiary/aromatic N) is 5. The fourth-order valence-electron chi connectivity index (χ4n) is 10.1. The van der Waals surface area contributed by atoms with E-state index in [4.69, 9.17) is 23.7 Å². The highest BCUT2D eigenvalue weighted by atomic mass is 16.6. The lowest BCUT2D eigenvalue weighted by molar-refractivity contribution is 0.00210. The average molecular weight is 838 g/mol. The van der Waals surface area contributed by atoms with Gasteiger partial charge in [0.25, 0.3) is 0 Å². The van der Waals surface area contributed by atoms with Crippen molar-refractivity contribution in [3.05, 3.63) is 150 Å². The molecule has 8 rings (SSSR count). The molecule has 0 aromatic carbocycles. The second-order valence-corrected chi connectivity index (χ2v) is 17.6. The van der Waals surface area contributed by atoms with Gasteiger partial charge in [0.05, 0.1) is 22.1 Å². The number of esters is 3. The highest BCUT2D eigenvalue weighted by Gasteiger charge is 2.57.